The van der Waals surface area contributed by atoms with Gasteiger partial charge in [0.25, 0.3) is 5.91 Å². The molecule has 0 unspecified atom stereocenters. The molecule has 0 atom stereocenters. The first-order valence-corrected chi connectivity index (χ1v) is 11.8. The van der Waals surface area contributed by atoms with Crippen LogP contribution >= 0.6 is 23.4 Å². The van der Waals surface area contributed by atoms with Crippen molar-refractivity contribution in [1.29, 1.82) is 0 Å². The Morgan fingerprint density at radius 3 is 2.68 bits per heavy atom. The number of hydrogen-bond acceptors (Lipinski definition) is 6. The van der Waals surface area contributed by atoms with Gasteiger partial charge in [0.2, 0.25) is 0 Å². The highest BCUT2D eigenvalue weighted by molar-refractivity contribution is 8.18. The van der Waals surface area contributed by atoms with Crippen LogP contribution in [0.5, 0.6) is 17.2 Å². The molecule has 3 aromatic rings. The molecule has 3 aromatic carbocycles. The Bertz CT molecular complexity index is 1270. The van der Waals surface area contributed by atoms with Crippen molar-refractivity contribution in [3.05, 3.63) is 87.3 Å². The summed E-state index contributed by atoms with van der Waals surface area (Å²) in [6.45, 7) is 4.52. The first kappa shape index (κ1) is 23.7. The minimum Gasteiger partial charge on any atom is -0.506 e. The van der Waals surface area contributed by atoms with E-state index < -0.39 is 0 Å². The molecule has 1 aliphatic heterocycles. The van der Waals surface area contributed by atoms with Gasteiger partial charge in [0.05, 0.1) is 11.5 Å². The largest absolute Gasteiger partial charge is 0.506 e. The standard InChI is InChI=1S/C26H23ClN2O4S/c1-3-32-22-13-17(11-12-21(22)33-15-18-8-4-5-9-19(18)27)14-23-25(31)29-26(34-23)28-24-16(2)7-6-10-20(24)30/h4-14,30H,3,15H2,1-2H3,(H,28,29,31)/b23-14-. The number of nitrogens with one attached hydrogen (secondary N) is 1. The Kier molecular flexibility index (Phi) is 7.45. The van der Waals surface area contributed by atoms with Gasteiger partial charge in [-0.05, 0) is 67.1 Å². The summed E-state index contributed by atoms with van der Waals surface area (Å²) < 4.78 is 11.7. The van der Waals surface area contributed by atoms with Gasteiger partial charge in [0.1, 0.15) is 18.0 Å². The molecule has 0 radical (unpaired) electrons. The van der Waals surface area contributed by atoms with Crippen molar-refractivity contribution in [2.75, 3.05) is 6.61 Å². The lowest BCUT2D eigenvalue weighted by Gasteiger charge is -2.13. The Balaban J connectivity index is 1.54. The highest BCUT2D eigenvalue weighted by Gasteiger charge is 2.24. The summed E-state index contributed by atoms with van der Waals surface area (Å²) in [5.74, 6) is 0.970. The molecule has 174 valence electrons. The van der Waals surface area contributed by atoms with E-state index in [1.807, 2.05) is 62.4 Å². The molecular weight excluding hydrogens is 472 g/mol. The van der Waals surface area contributed by atoms with E-state index in [1.165, 1.54) is 11.8 Å². The fourth-order valence-electron chi connectivity index (χ4n) is 3.30. The lowest BCUT2D eigenvalue weighted by Crippen LogP contribution is -2.19. The summed E-state index contributed by atoms with van der Waals surface area (Å²) >= 11 is 7.43. The van der Waals surface area contributed by atoms with Crippen LogP contribution in [0.1, 0.15) is 23.6 Å². The molecule has 1 aliphatic rings. The number of nitrogens with zero attached hydrogens (tertiary/aromatic N) is 1. The van der Waals surface area contributed by atoms with Crippen molar-refractivity contribution < 1.29 is 19.4 Å². The molecule has 4 rings (SSSR count). The number of halogens is 1. The van der Waals surface area contributed by atoms with Crippen molar-refractivity contribution >= 4 is 46.2 Å². The highest BCUT2D eigenvalue weighted by Crippen LogP contribution is 2.35. The number of aromatic hydroxyl groups is 1. The number of thioether (sulfide) groups is 1. The summed E-state index contributed by atoms with van der Waals surface area (Å²) in [6, 6.07) is 18.2. The number of hydrogen-bond donors (Lipinski definition) is 2. The van der Waals surface area contributed by atoms with Gasteiger partial charge in [-0.3, -0.25) is 4.79 Å². The predicted octanol–water partition coefficient (Wildman–Crippen LogP) is 6.22. The maximum Gasteiger partial charge on any atom is 0.264 e. The van der Waals surface area contributed by atoms with Crippen LogP contribution in [0.3, 0.4) is 0 Å². The fraction of sp³-hybridized carbons (Fsp3) is 0.154. The van der Waals surface area contributed by atoms with Gasteiger partial charge in [0.15, 0.2) is 16.7 Å². The molecular formula is C26H23ClN2O4S. The monoisotopic (exact) mass is 494 g/mol. The third kappa shape index (κ3) is 5.55. The average Bonchev–Trinajstić information content (AvgIpc) is 3.15. The number of phenolic OH excluding ortho intramolecular Hbond substituents is 1. The zero-order valence-electron chi connectivity index (χ0n) is 18.7. The number of amidine groups is 1. The van der Waals surface area contributed by atoms with Crippen LogP contribution in [-0.4, -0.2) is 22.8 Å². The van der Waals surface area contributed by atoms with Gasteiger partial charge >= 0.3 is 0 Å². The molecule has 1 fully saturated rings. The van der Waals surface area contributed by atoms with Crippen molar-refractivity contribution in [2.24, 2.45) is 4.99 Å². The molecule has 34 heavy (non-hydrogen) atoms. The van der Waals surface area contributed by atoms with E-state index in [2.05, 4.69) is 10.3 Å². The average molecular weight is 495 g/mol. The fourth-order valence-corrected chi connectivity index (χ4v) is 4.31. The second-order valence-electron chi connectivity index (χ2n) is 7.44. The van der Waals surface area contributed by atoms with Gasteiger partial charge in [-0.25, -0.2) is 4.99 Å². The summed E-state index contributed by atoms with van der Waals surface area (Å²) in [4.78, 5) is 17.4. The first-order chi connectivity index (χ1) is 16.4. The highest BCUT2D eigenvalue weighted by atomic mass is 35.5. The number of carbonyl (C=O) groups is 1. The molecule has 1 heterocycles. The lowest BCUT2D eigenvalue weighted by atomic mass is 10.2. The van der Waals surface area contributed by atoms with Crippen LogP contribution in [0.15, 0.2) is 70.6 Å². The Hall–Kier alpha value is -3.42. The quantitative estimate of drug-likeness (QED) is 0.381. The van der Waals surface area contributed by atoms with E-state index >= 15 is 0 Å². The molecule has 0 aromatic heterocycles. The molecule has 0 aliphatic carbocycles. The zero-order valence-corrected chi connectivity index (χ0v) is 20.2. The van der Waals surface area contributed by atoms with Crippen LogP contribution in [0.4, 0.5) is 5.69 Å². The lowest BCUT2D eigenvalue weighted by molar-refractivity contribution is -0.115. The number of rotatable bonds is 7. The number of carbonyl (C=O) groups excluding carboxylic acids is 1. The van der Waals surface area contributed by atoms with E-state index in [-0.39, 0.29) is 11.7 Å². The van der Waals surface area contributed by atoms with Gasteiger partial charge in [-0.1, -0.05) is 48.0 Å². The summed E-state index contributed by atoms with van der Waals surface area (Å²) in [5, 5.41) is 13.9. The maximum absolute atomic E-state index is 12.5. The zero-order chi connectivity index (χ0) is 24.1. The number of amides is 1. The summed E-state index contributed by atoms with van der Waals surface area (Å²) in [6.07, 6.45) is 1.76. The smallest absolute Gasteiger partial charge is 0.264 e. The number of benzene rings is 3. The van der Waals surface area contributed by atoms with E-state index in [0.717, 1.165) is 16.7 Å². The van der Waals surface area contributed by atoms with E-state index in [9.17, 15) is 9.90 Å². The van der Waals surface area contributed by atoms with Gasteiger partial charge in [-0.15, -0.1) is 0 Å². The first-order valence-electron chi connectivity index (χ1n) is 10.7. The van der Waals surface area contributed by atoms with Crippen molar-refractivity contribution in [1.82, 2.24) is 5.32 Å². The molecule has 2 N–H and O–H groups in total. The second kappa shape index (κ2) is 10.7. The number of phenols is 1. The molecule has 8 heteroatoms. The van der Waals surface area contributed by atoms with E-state index in [0.29, 0.717) is 45.5 Å². The minimum atomic E-state index is -0.256. The molecule has 1 saturated heterocycles. The maximum atomic E-state index is 12.5. The number of para-hydroxylation sites is 1. The normalized spacial score (nSPS) is 15.6. The second-order valence-corrected chi connectivity index (χ2v) is 8.88. The van der Waals surface area contributed by atoms with Crippen LogP contribution in [0.2, 0.25) is 5.02 Å². The van der Waals surface area contributed by atoms with E-state index in [1.54, 1.807) is 18.2 Å². The number of aryl methyl sites for hydroxylation is 1. The van der Waals surface area contributed by atoms with Crippen molar-refractivity contribution in [2.45, 2.75) is 20.5 Å². The van der Waals surface area contributed by atoms with Crippen molar-refractivity contribution in [3.8, 4) is 17.2 Å². The van der Waals surface area contributed by atoms with Gasteiger partial charge < -0.3 is 19.9 Å². The predicted molar refractivity (Wildman–Crippen MR) is 137 cm³/mol. The van der Waals surface area contributed by atoms with Crippen LogP contribution in [-0.2, 0) is 11.4 Å². The number of ether oxygens (including phenoxy) is 2. The van der Waals surface area contributed by atoms with Crippen LogP contribution < -0.4 is 14.8 Å². The molecule has 1 amide bonds. The third-order valence-electron chi connectivity index (χ3n) is 4.99. The van der Waals surface area contributed by atoms with Gasteiger partial charge in [0, 0.05) is 10.6 Å². The summed E-state index contributed by atoms with van der Waals surface area (Å²) in [5.41, 5.74) is 2.91. The number of aliphatic imine (C=N–C) groups is 1. The Labute approximate surface area is 207 Å². The van der Waals surface area contributed by atoms with E-state index in [4.69, 9.17) is 21.1 Å². The van der Waals surface area contributed by atoms with Crippen LogP contribution in [0, 0.1) is 6.92 Å². The molecule has 0 saturated carbocycles. The SMILES string of the molecule is CCOc1cc(/C=C2\SC(=Nc3c(C)cccc3O)NC2=O)ccc1OCc1ccccc1Cl. The third-order valence-corrected chi connectivity index (χ3v) is 6.27. The van der Waals surface area contributed by atoms with Gasteiger partial charge in [-0.2, -0.15) is 0 Å². The minimum absolute atomic E-state index is 0.0634. The molecule has 6 nitrogen and oxygen atoms in total. The summed E-state index contributed by atoms with van der Waals surface area (Å²) in [7, 11) is 0. The van der Waals surface area contributed by atoms with Crippen molar-refractivity contribution in [3.63, 3.8) is 0 Å². The Morgan fingerprint density at radius 1 is 1.09 bits per heavy atom. The Morgan fingerprint density at radius 2 is 1.91 bits per heavy atom. The molecule has 0 bridgehead atoms. The topological polar surface area (TPSA) is 80.2 Å². The van der Waals surface area contributed by atoms with Crippen LogP contribution in [0.25, 0.3) is 6.08 Å². The molecule has 0 spiro atoms.